The topological polar surface area (TPSA) is 121 Å². The van der Waals surface area contributed by atoms with Crippen LogP contribution in [-0.4, -0.2) is 39.2 Å². The van der Waals surface area contributed by atoms with Gasteiger partial charge in [0.25, 0.3) is 5.89 Å². The Balaban J connectivity index is 1.59. The van der Waals surface area contributed by atoms with Crippen LogP contribution < -0.4 is 15.8 Å². The average Bonchev–Trinajstić information content (AvgIpc) is 3.39. The van der Waals surface area contributed by atoms with E-state index in [0.29, 0.717) is 32.9 Å². The highest BCUT2D eigenvalue weighted by Gasteiger charge is 2.24. The zero-order chi connectivity index (χ0) is 22.7. The number of carbonyl (C=O) groups is 1. The van der Waals surface area contributed by atoms with Gasteiger partial charge < -0.3 is 20.3 Å². The minimum atomic E-state index is -0.310. The molecule has 2 aromatic carbocycles. The minimum absolute atomic E-state index is 0.102. The Morgan fingerprint density at radius 3 is 2.72 bits per heavy atom. The first-order chi connectivity index (χ1) is 15.5. The van der Waals surface area contributed by atoms with Gasteiger partial charge in [0.05, 0.1) is 12.8 Å². The normalized spacial score (nSPS) is 10.8. The molecule has 3 N–H and O–H groups in total. The quantitative estimate of drug-likeness (QED) is 0.385. The van der Waals surface area contributed by atoms with E-state index in [1.807, 2.05) is 12.3 Å². The van der Waals surface area contributed by atoms with Crippen LogP contribution in [-0.2, 0) is 11.3 Å². The molecule has 0 fully saturated rings. The Morgan fingerprint density at radius 1 is 1.25 bits per heavy atom. The number of hydrogen-bond acceptors (Lipinski definition) is 8. The molecule has 4 aromatic rings. The SMILES string of the molecule is COc1ccccc1NC(=O)Cn1nc(SC)c(-c2nc(-c3ccc(Cl)cc3)no2)c1N. The summed E-state index contributed by atoms with van der Waals surface area (Å²) in [6.45, 7) is -0.102. The molecule has 0 saturated carbocycles. The van der Waals surface area contributed by atoms with Crippen LogP contribution in [0.1, 0.15) is 0 Å². The number of nitrogens with one attached hydrogen (secondary N) is 1. The van der Waals surface area contributed by atoms with E-state index in [2.05, 4.69) is 20.6 Å². The van der Waals surface area contributed by atoms with E-state index >= 15 is 0 Å². The fourth-order valence-electron chi connectivity index (χ4n) is 3.03. The summed E-state index contributed by atoms with van der Waals surface area (Å²) in [5.74, 6) is 1.10. The Labute approximate surface area is 192 Å². The van der Waals surface area contributed by atoms with Gasteiger partial charge in [-0.1, -0.05) is 28.9 Å². The van der Waals surface area contributed by atoms with Crippen LogP contribution in [0.15, 0.2) is 58.1 Å². The summed E-state index contributed by atoms with van der Waals surface area (Å²) in [4.78, 5) is 17.1. The number of nitrogens with zero attached hydrogens (tertiary/aromatic N) is 4. The number of amides is 1. The highest BCUT2D eigenvalue weighted by molar-refractivity contribution is 7.98. The van der Waals surface area contributed by atoms with Gasteiger partial charge in [-0.2, -0.15) is 10.1 Å². The predicted molar refractivity (Wildman–Crippen MR) is 124 cm³/mol. The van der Waals surface area contributed by atoms with Crippen molar-refractivity contribution in [2.45, 2.75) is 11.6 Å². The van der Waals surface area contributed by atoms with Gasteiger partial charge in [0.2, 0.25) is 11.7 Å². The van der Waals surface area contributed by atoms with E-state index in [0.717, 1.165) is 5.56 Å². The number of hydrogen-bond donors (Lipinski definition) is 2. The van der Waals surface area contributed by atoms with Crippen LogP contribution in [0.25, 0.3) is 22.8 Å². The third-order valence-corrected chi connectivity index (χ3v) is 5.49. The number of nitrogens with two attached hydrogens (primary N) is 1. The van der Waals surface area contributed by atoms with Gasteiger partial charge in [-0.05, 0) is 42.7 Å². The largest absolute Gasteiger partial charge is 0.495 e. The molecule has 2 aromatic heterocycles. The van der Waals surface area contributed by atoms with Crippen LogP contribution in [0.4, 0.5) is 11.5 Å². The number of benzene rings is 2. The number of methoxy groups -OCH3 is 1. The first-order valence-corrected chi connectivity index (χ1v) is 11.0. The minimum Gasteiger partial charge on any atom is -0.495 e. The molecule has 1 amide bonds. The van der Waals surface area contributed by atoms with Gasteiger partial charge in [-0.3, -0.25) is 4.79 Å². The molecule has 0 bridgehead atoms. The van der Waals surface area contributed by atoms with Crippen molar-refractivity contribution in [3.05, 3.63) is 53.6 Å². The van der Waals surface area contributed by atoms with Crippen LogP contribution in [0.2, 0.25) is 5.02 Å². The fraction of sp³-hybridized carbons (Fsp3) is 0.143. The Bertz CT molecular complexity index is 1250. The summed E-state index contributed by atoms with van der Waals surface area (Å²) in [7, 11) is 1.54. The number of anilines is 2. The third-order valence-electron chi connectivity index (χ3n) is 4.57. The number of rotatable bonds is 7. The fourth-order valence-corrected chi connectivity index (χ4v) is 3.73. The molecule has 0 aliphatic carbocycles. The van der Waals surface area contributed by atoms with Crippen molar-refractivity contribution in [3.8, 4) is 28.6 Å². The summed E-state index contributed by atoms with van der Waals surface area (Å²) in [5, 5.41) is 12.5. The highest BCUT2D eigenvalue weighted by atomic mass is 35.5. The number of ether oxygens (including phenoxy) is 1. The maximum atomic E-state index is 12.6. The zero-order valence-corrected chi connectivity index (χ0v) is 18.8. The monoisotopic (exact) mass is 470 g/mol. The molecule has 0 aliphatic heterocycles. The van der Waals surface area contributed by atoms with E-state index in [9.17, 15) is 4.79 Å². The van der Waals surface area contributed by atoms with Crippen LogP contribution in [0, 0.1) is 0 Å². The smallest absolute Gasteiger partial charge is 0.264 e. The van der Waals surface area contributed by atoms with E-state index in [4.69, 9.17) is 26.6 Å². The molecule has 4 rings (SSSR count). The van der Waals surface area contributed by atoms with E-state index in [1.165, 1.54) is 23.6 Å². The van der Waals surface area contributed by atoms with Crippen molar-refractivity contribution >= 4 is 40.8 Å². The molecule has 164 valence electrons. The van der Waals surface area contributed by atoms with E-state index in [1.54, 1.807) is 42.5 Å². The zero-order valence-electron chi connectivity index (χ0n) is 17.2. The number of thioether (sulfide) groups is 1. The van der Waals surface area contributed by atoms with Crippen LogP contribution in [0.5, 0.6) is 5.75 Å². The molecular formula is C21H19ClN6O3S. The molecule has 32 heavy (non-hydrogen) atoms. The summed E-state index contributed by atoms with van der Waals surface area (Å²) >= 11 is 7.30. The molecule has 2 heterocycles. The molecule has 0 spiro atoms. The molecular weight excluding hydrogens is 452 g/mol. The van der Waals surface area contributed by atoms with Gasteiger partial charge >= 0.3 is 0 Å². The lowest BCUT2D eigenvalue weighted by molar-refractivity contribution is -0.116. The summed E-state index contributed by atoms with van der Waals surface area (Å²) < 4.78 is 12.1. The summed E-state index contributed by atoms with van der Waals surface area (Å²) in [6, 6.07) is 14.2. The molecule has 0 unspecified atom stereocenters. The Kier molecular flexibility index (Phi) is 6.33. The number of carbonyl (C=O) groups excluding carboxylic acids is 1. The molecule has 0 radical (unpaired) electrons. The average molecular weight is 471 g/mol. The Morgan fingerprint density at radius 2 is 2.00 bits per heavy atom. The first kappa shape index (κ1) is 21.7. The molecule has 0 saturated heterocycles. The van der Waals surface area contributed by atoms with Gasteiger partial charge in [0, 0.05) is 10.6 Å². The standard InChI is InChI=1S/C21H19ClN6O3S/c1-30-15-6-4-3-5-14(15)24-16(29)11-28-18(23)17(21(26-28)32-2)20-25-19(27-31-20)12-7-9-13(22)10-8-12/h3-10H,11,23H2,1-2H3,(H,24,29). The van der Waals surface area contributed by atoms with Crippen molar-refractivity contribution in [3.63, 3.8) is 0 Å². The number of para-hydroxylation sites is 2. The predicted octanol–water partition coefficient (Wildman–Crippen LogP) is 4.20. The lowest BCUT2D eigenvalue weighted by atomic mass is 10.2. The summed E-state index contributed by atoms with van der Waals surface area (Å²) in [6.07, 6.45) is 1.85. The Hall–Kier alpha value is -3.50. The number of nitrogen functional groups attached to an aromatic ring is 1. The maximum absolute atomic E-state index is 12.6. The second-order valence-corrected chi connectivity index (χ2v) is 7.84. The lowest BCUT2D eigenvalue weighted by Gasteiger charge is -2.10. The summed E-state index contributed by atoms with van der Waals surface area (Å²) in [5.41, 5.74) is 8.10. The van der Waals surface area contributed by atoms with Gasteiger partial charge in [0.15, 0.2) is 0 Å². The van der Waals surface area contributed by atoms with Crippen LogP contribution in [0.3, 0.4) is 0 Å². The molecule has 0 aliphatic rings. The van der Waals surface area contributed by atoms with Gasteiger partial charge in [0.1, 0.15) is 28.7 Å². The van der Waals surface area contributed by atoms with Crippen molar-refractivity contribution in [1.82, 2.24) is 19.9 Å². The first-order valence-electron chi connectivity index (χ1n) is 9.43. The van der Waals surface area contributed by atoms with Crippen molar-refractivity contribution in [2.75, 3.05) is 24.4 Å². The molecule has 0 atom stereocenters. The van der Waals surface area contributed by atoms with Gasteiger partial charge in [-0.25, -0.2) is 4.68 Å². The van der Waals surface area contributed by atoms with Crippen molar-refractivity contribution in [2.24, 2.45) is 0 Å². The number of aromatic nitrogens is 4. The van der Waals surface area contributed by atoms with Gasteiger partial charge in [-0.15, -0.1) is 11.8 Å². The van der Waals surface area contributed by atoms with Crippen LogP contribution >= 0.6 is 23.4 Å². The number of halogens is 1. The third kappa shape index (κ3) is 4.41. The second-order valence-electron chi connectivity index (χ2n) is 6.61. The second kappa shape index (κ2) is 9.33. The highest BCUT2D eigenvalue weighted by Crippen LogP contribution is 2.35. The van der Waals surface area contributed by atoms with Crippen molar-refractivity contribution < 1.29 is 14.1 Å². The van der Waals surface area contributed by atoms with Crippen molar-refractivity contribution in [1.29, 1.82) is 0 Å². The maximum Gasteiger partial charge on any atom is 0.264 e. The lowest BCUT2D eigenvalue weighted by Crippen LogP contribution is -2.21. The molecule has 9 nitrogen and oxygen atoms in total. The molecule has 11 heteroatoms. The van der Waals surface area contributed by atoms with E-state index < -0.39 is 0 Å². The van der Waals surface area contributed by atoms with E-state index in [-0.39, 0.29) is 24.2 Å².